The van der Waals surface area contributed by atoms with Crippen LogP contribution in [0.4, 0.5) is 0 Å². The van der Waals surface area contributed by atoms with Gasteiger partial charge >= 0.3 is 39.0 Å². The molecule has 0 amide bonds. The molecule has 0 radical (unpaired) electrons. The van der Waals surface area contributed by atoms with E-state index in [0.29, 0.717) is 22.8 Å². The van der Waals surface area contributed by atoms with Crippen molar-refractivity contribution in [1.82, 2.24) is 21.5 Å². The fourth-order valence-corrected chi connectivity index (χ4v) is 2.23. The summed E-state index contributed by atoms with van der Waals surface area (Å²) in [5, 5.41) is 45.6. The molecule has 1 rings (SSSR count). The van der Waals surface area contributed by atoms with Crippen molar-refractivity contribution in [1.29, 1.82) is 0 Å². The molecule has 4 N–H and O–H groups in total. The van der Waals surface area contributed by atoms with E-state index < -0.39 is 0 Å². The van der Waals surface area contributed by atoms with E-state index >= 15 is 0 Å². The normalized spacial score (nSPS) is 14.4. The number of rotatable bonds is 10. The second kappa shape index (κ2) is 23.8. The van der Waals surface area contributed by atoms with Crippen LogP contribution in [0.5, 0.6) is 0 Å². The van der Waals surface area contributed by atoms with E-state index in [0.717, 1.165) is 11.1 Å². The average molecular weight is 748 g/mol. The molecule has 1 aromatic carbocycles. The van der Waals surface area contributed by atoms with Crippen LogP contribution in [0.25, 0.3) is 0 Å². The summed E-state index contributed by atoms with van der Waals surface area (Å²) in [5.41, 5.74) is 8.97. The van der Waals surface area contributed by atoms with Gasteiger partial charge in [-0.3, -0.25) is 10.9 Å². The zero-order valence-electron chi connectivity index (χ0n) is 24.0. The van der Waals surface area contributed by atoms with E-state index in [9.17, 15) is 0 Å². The number of nitrogens with zero attached hydrogens (tertiary/aromatic N) is 10. The van der Waals surface area contributed by atoms with Gasteiger partial charge in [-0.05, 0) is 55.2 Å². The minimum atomic E-state index is 0. The Balaban J connectivity index is 0. The van der Waals surface area contributed by atoms with Crippen LogP contribution in [-0.2, 0) is 89.5 Å². The molecule has 0 aromatic heterocycles. The molecule has 1 aromatic rings. The number of hydrogen-bond donors (Lipinski definition) is 4. The molecular weight excluding hydrogens is 719 g/mol. The van der Waals surface area contributed by atoms with Gasteiger partial charge in [0.05, 0.1) is 35.3 Å². The van der Waals surface area contributed by atoms with Crippen LogP contribution in [0.3, 0.4) is 0 Å². The quantitative estimate of drug-likeness (QED) is 0.0906. The van der Waals surface area contributed by atoms with Crippen molar-refractivity contribution in [3.8, 4) is 0 Å². The van der Waals surface area contributed by atoms with Crippen molar-refractivity contribution in [2.75, 3.05) is 14.1 Å². The van der Waals surface area contributed by atoms with Crippen LogP contribution in [0, 0.1) is 0 Å². The SMILES string of the molecule is CN/C([S-])=N/N=C(C)/C(C)=N/N=C(\[S-])N/N=C/c1cccc(/C=N/N/C([S-])=N/N=C(C)/C(C)=N/N=C(\[S-])NC)c1.[Zn+2].[Zn+2]. The van der Waals surface area contributed by atoms with E-state index in [1.54, 1.807) is 54.2 Å². The second-order valence-electron chi connectivity index (χ2n) is 7.27. The van der Waals surface area contributed by atoms with Crippen LogP contribution < -0.4 is 21.5 Å². The predicted octanol–water partition coefficient (Wildman–Crippen LogP) is 1.08. The molecule has 0 unspecified atom stereocenters. The van der Waals surface area contributed by atoms with Gasteiger partial charge in [-0.1, -0.05) is 18.2 Å². The van der Waals surface area contributed by atoms with Crippen LogP contribution in [0.15, 0.2) is 75.3 Å². The molecule has 0 heterocycles. The topological polar surface area (TPSA) is 172 Å². The van der Waals surface area contributed by atoms with Crippen molar-refractivity contribution >= 4 is 106 Å². The third-order valence-electron chi connectivity index (χ3n) is 4.30. The molecule has 0 bridgehead atoms. The van der Waals surface area contributed by atoms with Gasteiger partial charge in [0, 0.05) is 24.4 Å². The predicted molar refractivity (Wildman–Crippen MR) is 178 cm³/mol. The number of nitrogens with one attached hydrogen (secondary N) is 4. The molecule has 0 aliphatic carbocycles. The summed E-state index contributed by atoms with van der Waals surface area (Å²) < 4.78 is 0. The van der Waals surface area contributed by atoms with Crippen molar-refractivity contribution in [3.05, 3.63) is 35.4 Å². The van der Waals surface area contributed by atoms with E-state index in [1.165, 1.54) is 0 Å². The van der Waals surface area contributed by atoms with Crippen molar-refractivity contribution < 1.29 is 39.0 Å². The zero-order valence-corrected chi connectivity index (χ0v) is 33.2. The first-order valence-corrected chi connectivity index (χ1v) is 12.9. The summed E-state index contributed by atoms with van der Waals surface area (Å²) in [7, 11) is 3.32. The Morgan fingerprint density at radius 3 is 1.17 bits per heavy atom. The Labute approximate surface area is 293 Å². The molecule has 42 heavy (non-hydrogen) atoms. The fraction of sp³-hybridized carbons (Fsp3) is 0.273. The van der Waals surface area contributed by atoms with Gasteiger partial charge in [0.2, 0.25) is 0 Å². The molecular formula is C22H28N14S4Zn2. The molecule has 0 aliphatic rings. The Morgan fingerprint density at radius 1 is 0.548 bits per heavy atom. The molecule has 20 heteroatoms. The van der Waals surface area contributed by atoms with Crippen molar-refractivity contribution in [2.24, 2.45) is 51.0 Å². The molecule has 0 saturated heterocycles. The maximum atomic E-state index is 5.12. The van der Waals surface area contributed by atoms with Crippen LogP contribution in [-0.4, -0.2) is 70.0 Å². The first-order valence-electron chi connectivity index (χ1n) is 11.3. The minimum absolute atomic E-state index is 0. The first-order chi connectivity index (χ1) is 19.0. The van der Waals surface area contributed by atoms with Gasteiger partial charge < -0.3 is 61.1 Å². The maximum absolute atomic E-state index is 5.12. The summed E-state index contributed by atoms with van der Waals surface area (Å²) in [6, 6.07) is 7.40. The molecule has 0 aliphatic heterocycles. The first kappa shape index (κ1) is 41.4. The third kappa shape index (κ3) is 18.6. The van der Waals surface area contributed by atoms with Crippen molar-refractivity contribution in [2.45, 2.75) is 27.7 Å². The summed E-state index contributed by atoms with van der Waals surface area (Å²) in [6.45, 7) is 6.90. The average Bonchev–Trinajstić information content (AvgIpc) is 2.95. The Morgan fingerprint density at radius 2 is 0.857 bits per heavy atom. The zero-order chi connectivity index (χ0) is 29.9. The third-order valence-corrected chi connectivity index (χ3v) is 5.21. The molecule has 214 valence electrons. The monoisotopic (exact) mass is 744 g/mol. The van der Waals surface area contributed by atoms with Gasteiger partial charge in [-0.2, -0.15) is 51.0 Å². The number of amidine groups is 4. The summed E-state index contributed by atoms with van der Waals surface area (Å²) in [4.78, 5) is 0. The summed E-state index contributed by atoms with van der Waals surface area (Å²) in [5.74, 6) is 0. The number of benzene rings is 1. The molecule has 0 atom stereocenters. The minimum Gasteiger partial charge on any atom is -0.741 e. The second-order valence-corrected chi connectivity index (χ2v) is 8.82. The van der Waals surface area contributed by atoms with Gasteiger partial charge in [-0.25, -0.2) is 0 Å². The Bertz CT molecular complexity index is 1220. The van der Waals surface area contributed by atoms with Gasteiger partial charge in [0.15, 0.2) is 0 Å². The number of hydrogen-bond acceptors (Lipinski definition) is 14. The van der Waals surface area contributed by atoms with Crippen LogP contribution in [0.1, 0.15) is 38.8 Å². The van der Waals surface area contributed by atoms with E-state index in [4.69, 9.17) is 50.5 Å². The summed E-state index contributed by atoms with van der Waals surface area (Å²) >= 11 is 20.0. The van der Waals surface area contributed by atoms with Gasteiger partial charge in [0.1, 0.15) is 0 Å². The van der Waals surface area contributed by atoms with Gasteiger partial charge in [-0.15, -0.1) is 0 Å². The maximum Gasteiger partial charge on any atom is 2.00 e. The van der Waals surface area contributed by atoms with E-state index in [-0.39, 0.29) is 59.6 Å². The van der Waals surface area contributed by atoms with Crippen molar-refractivity contribution in [3.63, 3.8) is 0 Å². The number of hydrazone groups is 2. The molecule has 0 saturated carbocycles. The van der Waals surface area contributed by atoms with E-state index in [1.807, 2.05) is 24.3 Å². The Hall–Kier alpha value is -2.75. The molecule has 14 nitrogen and oxygen atoms in total. The van der Waals surface area contributed by atoms with Gasteiger partial charge in [0.25, 0.3) is 0 Å². The van der Waals surface area contributed by atoms with E-state index in [2.05, 4.69) is 72.5 Å². The Kier molecular flexibility index (Phi) is 23.4. The molecule has 0 spiro atoms. The van der Waals surface area contributed by atoms with Crippen LogP contribution >= 0.6 is 0 Å². The summed E-state index contributed by atoms with van der Waals surface area (Å²) in [6.07, 6.45) is 3.15. The van der Waals surface area contributed by atoms with Crippen LogP contribution in [0.2, 0.25) is 0 Å². The smallest absolute Gasteiger partial charge is 0.741 e. The fourth-order valence-electron chi connectivity index (χ4n) is 1.96. The molecule has 0 fully saturated rings. The standard InChI is InChI=1S/C22H32N14S4.2Zn/c1-13(27-33-19(37)23-5)15(3)29-35-21(39)31-25-11-17-8-7-9-18(10-17)12-26-32-22(40)36-30-16(4)14(2)28-34-20(38)24-6;;/h7-12H,1-6H3,(H2,23,33,37)(H2,24,34,38)(H2,31,35,39)(H2,32,36,40);;/q;2*+2/p-4/b25-11+,26-12+,27-13+,28-14+,29-15+,30-16+;;. The largest absolute Gasteiger partial charge is 2.00 e.